The molecule has 2 rings (SSSR count). The first kappa shape index (κ1) is 11.6. The van der Waals surface area contributed by atoms with Crippen LogP contribution < -0.4 is 0 Å². The zero-order chi connectivity index (χ0) is 11.6. The number of halogens is 1. The fourth-order valence-corrected chi connectivity index (χ4v) is 2.06. The maximum Gasteiger partial charge on any atom is 0.126 e. The van der Waals surface area contributed by atoms with Crippen molar-refractivity contribution in [2.45, 2.75) is 44.6 Å². The van der Waals surface area contributed by atoms with Crippen molar-refractivity contribution in [3.63, 3.8) is 0 Å². The van der Waals surface area contributed by atoms with E-state index in [2.05, 4.69) is 0 Å². The van der Waals surface area contributed by atoms with Crippen LogP contribution in [-0.2, 0) is 6.42 Å². The van der Waals surface area contributed by atoms with Crippen LogP contribution in [0.2, 0.25) is 0 Å². The summed E-state index contributed by atoms with van der Waals surface area (Å²) in [4.78, 5) is 0. The van der Waals surface area contributed by atoms with Crippen LogP contribution in [0.15, 0.2) is 24.3 Å². The quantitative estimate of drug-likeness (QED) is 0.810. The molecule has 1 aliphatic carbocycles. The highest BCUT2D eigenvalue weighted by atomic mass is 19.1. The Morgan fingerprint density at radius 3 is 2.69 bits per heavy atom. The van der Waals surface area contributed by atoms with Crippen molar-refractivity contribution in [2.75, 3.05) is 0 Å². The molecule has 1 aromatic carbocycles. The standard InChI is InChI=1S/C14H19FO/c1-14(16,9-8-11-6-7-11)10-12-4-2-3-5-13(12)15/h2-5,11,16H,6-10H2,1H3. The van der Waals surface area contributed by atoms with Gasteiger partial charge < -0.3 is 5.11 Å². The monoisotopic (exact) mass is 222 g/mol. The lowest BCUT2D eigenvalue weighted by Crippen LogP contribution is -2.27. The van der Waals surface area contributed by atoms with Gasteiger partial charge in [-0.1, -0.05) is 31.0 Å². The molecular weight excluding hydrogens is 203 g/mol. The number of aliphatic hydroxyl groups is 1. The number of rotatable bonds is 5. The molecule has 2 heteroatoms. The fraction of sp³-hybridized carbons (Fsp3) is 0.571. The van der Waals surface area contributed by atoms with Crippen molar-refractivity contribution >= 4 is 0 Å². The third-order valence-corrected chi connectivity index (χ3v) is 3.32. The third-order valence-electron chi connectivity index (χ3n) is 3.32. The van der Waals surface area contributed by atoms with E-state index in [1.54, 1.807) is 12.1 Å². The second-order valence-corrected chi connectivity index (χ2v) is 5.25. The Labute approximate surface area is 96.3 Å². The van der Waals surface area contributed by atoms with Gasteiger partial charge in [0.2, 0.25) is 0 Å². The summed E-state index contributed by atoms with van der Waals surface area (Å²) in [6.07, 6.45) is 4.85. The second-order valence-electron chi connectivity index (χ2n) is 5.25. The molecular formula is C14H19FO. The molecule has 16 heavy (non-hydrogen) atoms. The van der Waals surface area contributed by atoms with E-state index < -0.39 is 5.60 Å². The van der Waals surface area contributed by atoms with Crippen LogP contribution in [0, 0.1) is 11.7 Å². The highest BCUT2D eigenvalue weighted by Gasteiger charge is 2.27. The van der Waals surface area contributed by atoms with Gasteiger partial charge in [-0.2, -0.15) is 0 Å². The van der Waals surface area contributed by atoms with E-state index in [9.17, 15) is 9.50 Å². The minimum Gasteiger partial charge on any atom is -0.390 e. The maximum absolute atomic E-state index is 13.4. The lowest BCUT2D eigenvalue weighted by molar-refractivity contribution is 0.0468. The van der Waals surface area contributed by atoms with E-state index in [1.807, 2.05) is 13.0 Å². The molecule has 1 aliphatic rings. The van der Waals surface area contributed by atoms with Gasteiger partial charge >= 0.3 is 0 Å². The van der Waals surface area contributed by atoms with Gasteiger partial charge in [-0.05, 0) is 37.3 Å². The van der Waals surface area contributed by atoms with Crippen LogP contribution in [0.5, 0.6) is 0 Å². The number of hydrogen-bond donors (Lipinski definition) is 1. The molecule has 1 N–H and O–H groups in total. The Bertz CT molecular complexity index is 356. The topological polar surface area (TPSA) is 20.2 Å². The predicted molar refractivity (Wildman–Crippen MR) is 62.7 cm³/mol. The predicted octanol–water partition coefficient (Wildman–Crippen LogP) is 3.31. The molecule has 88 valence electrons. The van der Waals surface area contributed by atoms with E-state index in [0.717, 1.165) is 18.8 Å². The summed E-state index contributed by atoms with van der Waals surface area (Å²) in [5.41, 5.74) is -0.159. The molecule has 0 radical (unpaired) electrons. The first-order valence-corrected chi connectivity index (χ1v) is 6.03. The van der Waals surface area contributed by atoms with Gasteiger partial charge in [-0.15, -0.1) is 0 Å². The summed E-state index contributed by atoms with van der Waals surface area (Å²) in [5, 5.41) is 10.2. The van der Waals surface area contributed by atoms with Gasteiger partial charge in [0.05, 0.1) is 5.60 Å². The molecule has 0 aromatic heterocycles. The molecule has 1 fully saturated rings. The Balaban J connectivity index is 1.93. The smallest absolute Gasteiger partial charge is 0.126 e. The summed E-state index contributed by atoms with van der Waals surface area (Å²) >= 11 is 0. The maximum atomic E-state index is 13.4. The van der Waals surface area contributed by atoms with Gasteiger partial charge in [0.25, 0.3) is 0 Å². The zero-order valence-corrected chi connectivity index (χ0v) is 9.75. The SMILES string of the molecule is CC(O)(CCC1CC1)Cc1ccccc1F. The van der Waals surface area contributed by atoms with Gasteiger partial charge in [-0.3, -0.25) is 0 Å². The number of hydrogen-bond acceptors (Lipinski definition) is 1. The summed E-state index contributed by atoms with van der Waals surface area (Å²) in [6, 6.07) is 6.69. The first-order valence-electron chi connectivity index (χ1n) is 6.03. The molecule has 1 atom stereocenters. The van der Waals surface area contributed by atoms with E-state index in [1.165, 1.54) is 18.9 Å². The summed E-state index contributed by atoms with van der Waals surface area (Å²) in [7, 11) is 0. The molecule has 1 saturated carbocycles. The van der Waals surface area contributed by atoms with Gasteiger partial charge in [0.1, 0.15) is 5.82 Å². The highest BCUT2D eigenvalue weighted by molar-refractivity contribution is 5.19. The number of benzene rings is 1. The van der Waals surface area contributed by atoms with E-state index in [4.69, 9.17) is 0 Å². The normalized spacial score (nSPS) is 19.4. The summed E-state index contributed by atoms with van der Waals surface area (Å²) in [6.45, 7) is 1.81. The average Bonchev–Trinajstić information content (AvgIpc) is 3.02. The molecule has 0 saturated heterocycles. The van der Waals surface area contributed by atoms with Crippen molar-refractivity contribution < 1.29 is 9.50 Å². The molecule has 0 heterocycles. The van der Waals surface area contributed by atoms with Gasteiger partial charge in [0.15, 0.2) is 0 Å². The Hall–Kier alpha value is -0.890. The minimum absolute atomic E-state index is 0.214. The summed E-state index contributed by atoms with van der Waals surface area (Å²) in [5.74, 6) is 0.598. The van der Waals surface area contributed by atoms with E-state index in [-0.39, 0.29) is 5.82 Å². The fourth-order valence-electron chi connectivity index (χ4n) is 2.06. The minimum atomic E-state index is -0.773. The van der Waals surface area contributed by atoms with Crippen LogP contribution in [-0.4, -0.2) is 10.7 Å². The van der Waals surface area contributed by atoms with E-state index in [0.29, 0.717) is 12.0 Å². The van der Waals surface area contributed by atoms with Crippen LogP contribution in [0.3, 0.4) is 0 Å². The first-order chi connectivity index (χ1) is 7.57. The molecule has 0 aliphatic heterocycles. The third kappa shape index (κ3) is 3.31. The van der Waals surface area contributed by atoms with Gasteiger partial charge in [0, 0.05) is 6.42 Å². The molecule has 1 unspecified atom stereocenters. The lowest BCUT2D eigenvalue weighted by Gasteiger charge is -2.23. The summed E-state index contributed by atoms with van der Waals surface area (Å²) < 4.78 is 13.4. The van der Waals surface area contributed by atoms with Crippen LogP contribution in [0.4, 0.5) is 4.39 Å². The molecule has 1 nitrogen and oxygen atoms in total. The van der Waals surface area contributed by atoms with E-state index >= 15 is 0 Å². The molecule has 0 bridgehead atoms. The molecule has 1 aromatic rings. The largest absolute Gasteiger partial charge is 0.390 e. The Morgan fingerprint density at radius 2 is 2.06 bits per heavy atom. The lowest BCUT2D eigenvalue weighted by atomic mass is 9.91. The Kier molecular flexibility index (Phi) is 3.29. The van der Waals surface area contributed by atoms with Crippen LogP contribution in [0.1, 0.15) is 38.2 Å². The van der Waals surface area contributed by atoms with Gasteiger partial charge in [-0.25, -0.2) is 4.39 Å². The van der Waals surface area contributed by atoms with Crippen molar-refractivity contribution in [3.05, 3.63) is 35.6 Å². The molecule has 0 amide bonds. The van der Waals surface area contributed by atoms with Crippen LogP contribution in [0.25, 0.3) is 0 Å². The molecule has 0 spiro atoms. The highest BCUT2D eigenvalue weighted by Crippen LogP contribution is 2.36. The van der Waals surface area contributed by atoms with Crippen molar-refractivity contribution in [1.29, 1.82) is 0 Å². The average molecular weight is 222 g/mol. The zero-order valence-electron chi connectivity index (χ0n) is 9.75. The van der Waals surface area contributed by atoms with Crippen molar-refractivity contribution in [1.82, 2.24) is 0 Å². The van der Waals surface area contributed by atoms with Crippen molar-refractivity contribution in [2.24, 2.45) is 5.92 Å². The second kappa shape index (κ2) is 4.54. The Morgan fingerprint density at radius 1 is 1.38 bits per heavy atom. The van der Waals surface area contributed by atoms with Crippen molar-refractivity contribution in [3.8, 4) is 0 Å². The van der Waals surface area contributed by atoms with Crippen LogP contribution >= 0.6 is 0 Å².